The zero-order valence-corrected chi connectivity index (χ0v) is 15.0. The van der Waals surface area contributed by atoms with Gasteiger partial charge in [-0.15, -0.1) is 0 Å². The number of nitrogens with one attached hydrogen (secondary N) is 2. The summed E-state index contributed by atoms with van der Waals surface area (Å²) in [6.07, 6.45) is 3.41. The second kappa shape index (κ2) is 6.25. The van der Waals surface area contributed by atoms with Crippen LogP contribution < -0.4 is 10.6 Å². The summed E-state index contributed by atoms with van der Waals surface area (Å²) < 4.78 is 1.74. The predicted molar refractivity (Wildman–Crippen MR) is 99.5 cm³/mol. The molecular formula is C19H20N6O. The zero-order chi connectivity index (χ0) is 18.3. The number of anilines is 2. The van der Waals surface area contributed by atoms with Crippen molar-refractivity contribution in [3.63, 3.8) is 0 Å². The first-order valence-corrected chi connectivity index (χ1v) is 8.55. The smallest absolute Gasteiger partial charge is 0.271 e. The van der Waals surface area contributed by atoms with Gasteiger partial charge in [0.1, 0.15) is 0 Å². The van der Waals surface area contributed by atoms with Crippen LogP contribution in [0.3, 0.4) is 0 Å². The van der Waals surface area contributed by atoms with Gasteiger partial charge in [-0.25, -0.2) is 9.97 Å². The molecule has 3 aromatic rings. The summed E-state index contributed by atoms with van der Waals surface area (Å²) in [7, 11) is 3.46. The van der Waals surface area contributed by atoms with Crippen molar-refractivity contribution in [1.29, 1.82) is 0 Å². The van der Waals surface area contributed by atoms with E-state index in [1.54, 1.807) is 11.7 Å². The quantitative estimate of drug-likeness (QED) is 0.759. The first kappa shape index (κ1) is 16.3. The van der Waals surface area contributed by atoms with Crippen molar-refractivity contribution in [2.75, 3.05) is 12.4 Å². The summed E-state index contributed by atoms with van der Waals surface area (Å²) >= 11 is 0. The molecule has 2 heterocycles. The Hall–Kier alpha value is -3.22. The molecule has 0 radical (unpaired) electrons. The zero-order valence-electron chi connectivity index (χ0n) is 15.0. The Labute approximate surface area is 151 Å². The summed E-state index contributed by atoms with van der Waals surface area (Å²) in [6, 6.07) is 8.01. The average molecular weight is 348 g/mol. The second-order valence-corrected chi connectivity index (χ2v) is 6.39. The maximum absolute atomic E-state index is 12.1. The minimum atomic E-state index is -0.169. The van der Waals surface area contributed by atoms with Crippen LogP contribution in [0.5, 0.6) is 0 Å². The molecule has 7 heteroatoms. The number of hydrogen-bond acceptors (Lipinski definition) is 5. The highest BCUT2D eigenvalue weighted by molar-refractivity contribution is 5.95. The number of nitrogens with zero attached hydrogens (tertiary/aromatic N) is 4. The molecule has 1 aromatic carbocycles. The normalized spacial score (nSPS) is 12.3. The summed E-state index contributed by atoms with van der Waals surface area (Å²) in [5, 5.41) is 10.4. The van der Waals surface area contributed by atoms with Crippen LogP contribution in [0.4, 0.5) is 11.6 Å². The number of aromatic nitrogens is 4. The lowest BCUT2D eigenvalue weighted by atomic mass is 9.93. The highest BCUT2D eigenvalue weighted by Crippen LogP contribution is 2.34. The van der Waals surface area contributed by atoms with Gasteiger partial charge < -0.3 is 10.6 Å². The van der Waals surface area contributed by atoms with Crippen LogP contribution in [0.1, 0.15) is 27.2 Å². The number of amides is 1. The Morgan fingerprint density at radius 3 is 2.81 bits per heavy atom. The Balaban J connectivity index is 1.78. The van der Waals surface area contributed by atoms with E-state index in [0.717, 1.165) is 46.6 Å². The van der Waals surface area contributed by atoms with Gasteiger partial charge >= 0.3 is 0 Å². The minimum absolute atomic E-state index is 0.169. The molecule has 7 nitrogen and oxygen atoms in total. The van der Waals surface area contributed by atoms with Gasteiger partial charge in [-0.05, 0) is 37.0 Å². The molecule has 1 amide bonds. The van der Waals surface area contributed by atoms with E-state index in [2.05, 4.69) is 20.7 Å². The molecule has 0 spiro atoms. The van der Waals surface area contributed by atoms with Crippen LogP contribution in [0.25, 0.3) is 11.4 Å². The van der Waals surface area contributed by atoms with Crippen molar-refractivity contribution < 1.29 is 4.79 Å². The van der Waals surface area contributed by atoms with Gasteiger partial charge in [0.05, 0.1) is 11.4 Å². The Morgan fingerprint density at radius 1 is 1.23 bits per heavy atom. The molecule has 1 aliphatic carbocycles. The number of carbonyl (C=O) groups is 1. The third kappa shape index (κ3) is 2.61. The third-order valence-corrected chi connectivity index (χ3v) is 4.71. The van der Waals surface area contributed by atoms with Crippen molar-refractivity contribution in [2.45, 2.75) is 19.8 Å². The molecule has 1 aliphatic rings. The maximum Gasteiger partial charge on any atom is 0.271 e. The van der Waals surface area contributed by atoms with Crippen LogP contribution in [0.15, 0.2) is 30.5 Å². The molecule has 132 valence electrons. The van der Waals surface area contributed by atoms with Crippen LogP contribution >= 0.6 is 0 Å². The van der Waals surface area contributed by atoms with Gasteiger partial charge in [0, 0.05) is 31.5 Å². The van der Waals surface area contributed by atoms with Gasteiger partial charge in [0.25, 0.3) is 5.91 Å². The van der Waals surface area contributed by atoms with Crippen LogP contribution in [0, 0.1) is 6.92 Å². The third-order valence-electron chi connectivity index (χ3n) is 4.71. The molecule has 4 rings (SSSR count). The lowest BCUT2D eigenvalue weighted by Gasteiger charge is -2.17. The fourth-order valence-electron chi connectivity index (χ4n) is 3.35. The standard InChI is InChI=1S/C19H20N6O/c1-11-6-4-5-7-14(11)22-19-21-10-12-8-9-13-16(18(26)20-2)24-25(3)17(13)15(12)23-19/h4-7,10H,8-9H2,1-3H3,(H,20,26)(H,21,22,23). The average Bonchev–Trinajstić information content (AvgIpc) is 3.00. The Bertz CT molecular complexity index is 1010. The monoisotopic (exact) mass is 348 g/mol. The minimum Gasteiger partial charge on any atom is -0.354 e. The molecule has 0 saturated carbocycles. The van der Waals surface area contributed by atoms with Crippen molar-refractivity contribution in [2.24, 2.45) is 7.05 Å². The van der Waals surface area contributed by atoms with E-state index in [9.17, 15) is 4.79 Å². The van der Waals surface area contributed by atoms with Gasteiger partial charge in [0.2, 0.25) is 5.95 Å². The Morgan fingerprint density at radius 2 is 2.04 bits per heavy atom. The highest BCUT2D eigenvalue weighted by atomic mass is 16.1. The van der Waals surface area contributed by atoms with E-state index in [4.69, 9.17) is 4.98 Å². The largest absolute Gasteiger partial charge is 0.354 e. The van der Waals surface area contributed by atoms with E-state index in [1.807, 2.05) is 44.4 Å². The van der Waals surface area contributed by atoms with E-state index in [1.165, 1.54) is 0 Å². The summed E-state index contributed by atoms with van der Waals surface area (Å²) in [5.74, 6) is 0.367. The molecule has 26 heavy (non-hydrogen) atoms. The summed E-state index contributed by atoms with van der Waals surface area (Å²) in [4.78, 5) is 21.3. The molecule has 2 aromatic heterocycles. The van der Waals surface area contributed by atoms with Crippen molar-refractivity contribution in [3.8, 4) is 11.4 Å². The first-order valence-electron chi connectivity index (χ1n) is 8.55. The number of rotatable bonds is 3. The maximum atomic E-state index is 12.1. The number of aryl methyl sites for hydroxylation is 3. The van der Waals surface area contributed by atoms with E-state index in [0.29, 0.717) is 11.6 Å². The van der Waals surface area contributed by atoms with Gasteiger partial charge in [-0.2, -0.15) is 5.10 Å². The molecule has 2 N–H and O–H groups in total. The lowest BCUT2D eigenvalue weighted by molar-refractivity contribution is 0.0956. The number of carbonyl (C=O) groups excluding carboxylic acids is 1. The van der Waals surface area contributed by atoms with E-state index < -0.39 is 0 Å². The fourth-order valence-corrected chi connectivity index (χ4v) is 3.35. The van der Waals surface area contributed by atoms with Crippen LogP contribution in [0.2, 0.25) is 0 Å². The number of para-hydroxylation sites is 1. The molecule has 0 atom stereocenters. The SMILES string of the molecule is CNC(=O)c1nn(C)c2c1CCc1cnc(Nc3ccccc3C)nc1-2. The number of hydrogen-bond donors (Lipinski definition) is 2. The molecule has 0 saturated heterocycles. The van der Waals surface area contributed by atoms with E-state index >= 15 is 0 Å². The molecule has 0 unspecified atom stereocenters. The van der Waals surface area contributed by atoms with E-state index in [-0.39, 0.29) is 5.91 Å². The molecular weight excluding hydrogens is 328 g/mol. The predicted octanol–water partition coefficient (Wildman–Crippen LogP) is 2.39. The van der Waals surface area contributed by atoms with Crippen molar-refractivity contribution in [3.05, 3.63) is 52.8 Å². The van der Waals surface area contributed by atoms with Gasteiger partial charge in [0.15, 0.2) is 5.69 Å². The van der Waals surface area contributed by atoms with Gasteiger partial charge in [-0.3, -0.25) is 9.48 Å². The van der Waals surface area contributed by atoms with Crippen molar-refractivity contribution in [1.82, 2.24) is 25.1 Å². The fraction of sp³-hybridized carbons (Fsp3) is 0.263. The lowest BCUT2D eigenvalue weighted by Crippen LogP contribution is -2.20. The van der Waals surface area contributed by atoms with Crippen LogP contribution in [-0.4, -0.2) is 32.7 Å². The first-order chi connectivity index (χ1) is 12.6. The van der Waals surface area contributed by atoms with Gasteiger partial charge in [-0.1, -0.05) is 18.2 Å². The highest BCUT2D eigenvalue weighted by Gasteiger charge is 2.28. The number of fused-ring (bicyclic) bond motifs is 3. The topological polar surface area (TPSA) is 84.7 Å². The molecule has 0 bridgehead atoms. The van der Waals surface area contributed by atoms with Crippen molar-refractivity contribution >= 4 is 17.5 Å². The number of benzene rings is 1. The molecule has 0 aliphatic heterocycles. The summed E-state index contributed by atoms with van der Waals surface area (Å²) in [6.45, 7) is 2.04. The van der Waals surface area contributed by atoms with Crippen LogP contribution in [-0.2, 0) is 19.9 Å². The molecule has 0 fully saturated rings. The Kier molecular flexibility index (Phi) is 3.91. The summed E-state index contributed by atoms with van der Waals surface area (Å²) in [5.41, 5.74) is 6.31. The second-order valence-electron chi connectivity index (χ2n) is 6.39.